The van der Waals surface area contributed by atoms with Crippen LogP contribution in [0.25, 0.3) is 0 Å². The fourth-order valence-electron chi connectivity index (χ4n) is 0.914. The van der Waals surface area contributed by atoms with Gasteiger partial charge in [0.25, 0.3) is 0 Å². The molecule has 62 valence electrons. The number of hydrogen-bond acceptors (Lipinski definition) is 1. The molecular formula is C7H14F2O. The molecule has 0 atom stereocenters. The van der Waals surface area contributed by atoms with Gasteiger partial charge in [0.15, 0.2) is 0 Å². The fraction of sp³-hybridized carbons (Fsp3) is 1.00. The Balaban J connectivity index is 0.000000371. The highest BCUT2D eigenvalue weighted by Crippen LogP contribution is 2.41. The average molecular weight is 152 g/mol. The lowest BCUT2D eigenvalue weighted by Gasteiger charge is -2.33. The van der Waals surface area contributed by atoms with Crippen molar-refractivity contribution in [2.75, 3.05) is 6.61 Å². The second-order valence-corrected chi connectivity index (χ2v) is 2.31. The summed E-state index contributed by atoms with van der Waals surface area (Å²) >= 11 is 0. The van der Waals surface area contributed by atoms with E-state index in [0.29, 0.717) is 0 Å². The monoisotopic (exact) mass is 152 g/mol. The largest absolute Gasteiger partial charge is 0.396 e. The Hall–Kier alpha value is -0.180. The molecule has 1 rings (SSSR count). The Morgan fingerprint density at radius 2 is 1.80 bits per heavy atom. The second-order valence-electron chi connectivity index (χ2n) is 2.31. The lowest BCUT2D eigenvalue weighted by molar-refractivity contribution is -0.121. The number of aliphatic hydroxyl groups excluding tert-OH is 1. The predicted octanol–water partition coefficient (Wildman–Crippen LogP) is 2.05. The van der Waals surface area contributed by atoms with Crippen LogP contribution in [0, 0.1) is 5.92 Å². The van der Waals surface area contributed by atoms with E-state index in [1.165, 1.54) is 0 Å². The van der Waals surface area contributed by atoms with E-state index in [9.17, 15) is 8.78 Å². The van der Waals surface area contributed by atoms with Crippen LogP contribution in [-0.4, -0.2) is 17.6 Å². The van der Waals surface area contributed by atoms with Crippen LogP contribution in [0.2, 0.25) is 0 Å². The first-order chi connectivity index (χ1) is 4.64. The summed E-state index contributed by atoms with van der Waals surface area (Å²) in [5.41, 5.74) is 0. The minimum atomic E-state index is -2.46. The van der Waals surface area contributed by atoms with Crippen molar-refractivity contribution in [1.82, 2.24) is 0 Å². The van der Waals surface area contributed by atoms with Gasteiger partial charge in [-0.15, -0.1) is 0 Å². The number of aliphatic hydroxyl groups is 1. The highest BCUT2D eigenvalue weighted by Gasteiger charge is 2.44. The van der Waals surface area contributed by atoms with Crippen LogP contribution >= 0.6 is 0 Å². The molecule has 0 amide bonds. The van der Waals surface area contributed by atoms with Crippen LogP contribution in [0.5, 0.6) is 0 Å². The number of rotatable bonds is 1. The molecule has 1 fully saturated rings. The maximum Gasteiger partial charge on any atom is 0.248 e. The standard InChI is InChI=1S/C5H8F2O.C2H6/c6-5(7)1-4(2-5)3-8;1-2/h4,8H,1-3H2;1-2H3. The summed E-state index contributed by atoms with van der Waals surface area (Å²) in [6.07, 6.45) is -0.243. The summed E-state index contributed by atoms with van der Waals surface area (Å²) in [7, 11) is 0. The van der Waals surface area contributed by atoms with Crippen molar-refractivity contribution in [3.05, 3.63) is 0 Å². The molecule has 10 heavy (non-hydrogen) atoms. The van der Waals surface area contributed by atoms with Crippen molar-refractivity contribution in [3.8, 4) is 0 Å². The van der Waals surface area contributed by atoms with Gasteiger partial charge in [0.2, 0.25) is 5.92 Å². The van der Waals surface area contributed by atoms with E-state index >= 15 is 0 Å². The molecule has 1 aliphatic carbocycles. The van der Waals surface area contributed by atoms with Crippen LogP contribution in [0.4, 0.5) is 8.78 Å². The Labute approximate surface area is 60.1 Å². The second kappa shape index (κ2) is 3.86. The first-order valence-corrected chi connectivity index (χ1v) is 3.63. The van der Waals surface area contributed by atoms with E-state index in [0.717, 1.165) is 0 Å². The van der Waals surface area contributed by atoms with E-state index in [-0.39, 0.29) is 25.4 Å². The van der Waals surface area contributed by atoms with E-state index in [4.69, 9.17) is 5.11 Å². The maximum atomic E-state index is 11.9. The molecule has 1 N–H and O–H groups in total. The molecular weight excluding hydrogens is 138 g/mol. The summed E-state index contributed by atoms with van der Waals surface area (Å²) in [5, 5.41) is 8.28. The first-order valence-electron chi connectivity index (χ1n) is 3.63. The van der Waals surface area contributed by atoms with Crippen molar-refractivity contribution in [1.29, 1.82) is 0 Å². The Bertz CT molecular complexity index is 85.6. The van der Waals surface area contributed by atoms with E-state index in [1.807, 2.05) is 13.8 Å². The van der Waals surface area contributed by atoms with Crippen molar-refractivity contribution in [3.63, 3.8) is 0 Å². The highest BCUT2D eigenvalue weighted by molar-refractivity contribution is 4.85. The molecule has 1 saturated carbocycles. The van der Waals surface area contributed by atoms with Crippen molar-refractivity contribution >= 4 is 0 Å². The first kappa shape index (κ1) is 9.82. The third-order valence-corrected chi connectivity index (χ3v) is 1.43. The summed E-state index contributed by atoms with van der Waals surface area (Å²) in [6.45, 7) is 3.91. The zero-order valence-corrected chi connectivity index (χ0v) is 6.40. The molecule has 1 nitrogen and oxygen atoms in total. The fourth-order valence-corrected chi connectivity index (χ4v) is 0.914. The number of halogens is 2. The molecule has 1 aliphatic rings. The molecule has 0 aromatic heterocycles. The third-order valence-electron chi connectivity index (χ3n) is 1.43. The van der Waals surface area contributed by atoms with Gasteiger partial charge in [-0.05, 0) is 5.92 Å². The minimum Gasteiger partial charge on any atom is -0.396 e. The summed E-state index contributed by atoms with van der Waals surface area (Å²) in [4.78, 5) is 0. The highest BCUT2D eigenvalue weighted by atomic mass is 19.3. The molecule has 0 unspecified atom stereocenters. The molecule has 0 saturated heterocycles. The van der Waals surface area contributed by atoms with Crippen LogP contribution in [0.1, 0.15) is 26.7 Å². The number of hydrogen-bond donors (Lipinski definition) is 1. The lowest BCUT2D eigenvalue weighted by Crippen LogP contribution is -2.37. The molecule has 0 spiro atoms. The smallest absolute Gasteiger partial charge is 0.248 e. The molecule has 0 radical (unpaired) electrons. The van der Waals surface area contributed by atoms with Gasteiger partial charge < -0.3 is 5.11 Å². The molecule has 3 heteroatoms. The quantitative estimate of drug-likeness (QED) is 0.609. The van der Waals surface area contributed by atoms with Gasteiger partial charge in [-0.2, -0.15) is 0 Å². The van der Waals surface area contributed by atoms with Gasteiger partial charge in [-0.3, -0.25) is 0 Å². The molecule has 0 heterocycles. The van der Waals surface area contributed by atoms with Crippen LogP contribution < -0.4 is 0 Å². The van der Waals surface area contributed by atoms with Crippen LogP contribution in [0.15, 0.2) is 0 Å². The summed E-state index contributed by atoms with van der Waals surface area (Å²) < 4.78 is 23.7. The Morgan fingerprint density at radius 3 is 1.90 bits per heavy atom. The lowest BCUT2D eigenvalue weighted by atomic mass is 9.82. The van der Waals surface area contributed by atoms with E-state index < -0.39 is 5.92 Å². The summed E-state index contributed by atoms with van der Waals surface area (Å²) in [5.74, 6) is -2.60. The molecule has 0 aromatic carbocycles. The Kier molecular flexibility index (Phi) is 3.79. The predicted molar refractivity (Wildman–Crippen MR) is 36.1 cm³/mol. The molecule has 0 bridgehead atoms. The van der Waals surface area contributed by atoms with Crippen molar-refractivity contribution in [2.45, 2.75) is 32.6 Å². The normalized spacial score (nSPS) is 22.5. The van der Waals surface area contributed by atoms with Crippen molar-refractivity contribution in [2.24, 2.45) is 5.92 Å². The van der Waals surface area contributed by atoms with Gasteiger partial charge in [0.05, 0.1) is 0 Å². The SMILES string of the molecule is CC.OCC1CC(F)(F)C1. The van der Waals surface area contributed by atoms with Gasteiger partial charge in [-0.25, -0.2) is 8.78 Å². The summed E-state index contributed by atoms with van der Waals surface area (Å²) in [6, 6.07) is 0. The molecule has 0 aromatic rings. The average Bonchev–Trinajstić information content (AvgIpc) is 1.87. The minimum absolute atomic E-state index is 0.0877. The van der Waals surface area contributed by atoms with Gasteiger partial charge in [0.1, 0.15) is 0 Å². The topological polar surface area (TPSA) is 20.2 Å². The maximum absolute atomic E-state index is 11.9. The van der Waals surface area contributed by atoms with E-state index in [1.54, 1.807) is 0 Å². The third kappa shape index (κ3) is 2.60. The Morgan fingerprint density at radius 1 is 1.40 bits per heavy atom. The van der Waals surface area contributed by atoms with Gasteiger partial charge >= 0.3 is 0 Å². The number of alkyl halides is 2. The van der Waals surface area contributed by atoms with Gasteiger partial charge in [-0.1, -0.05) is 13.8 Å². The zero-order chi connectivity index (χ0) is 8.20. The van der Waals surface area contributed by atoms with Gasteiger partial charge in [0, 0.05) is 19.4 Å². The van der Waals surface area contributed by atoms with Crippen LogP contribution in [0.3, 0.4) is 0 Å². The molecule has 0 aliphatic heterocycles. The zero-order valence-electron chi connectivity index (χ0n) is 6.40. The van der Waals surface area contributed by atoms with E-state index in [2.05, 4.69) is 0 Å². The van der Waals surface area contributed by atoms with Crippen LogP contribution in [-0.2, 0) is 0 Å². The van der Waals surface area contributed by atoms with Crippen molar-refractivity contribution < 1.29 is 13.9 Å².